The second kappa shape index (κ2) is 11.4. The fourth-order valence-corrected chi connectivity index (χ4v) is 5.17. The molecule has 2 aromatic carbocycles. The molecular formula is C27H31F2N3O3. The van der Waals surface area contributed by atoms with Crippen molar-refractivity contribution in [1.29, 1.82) is 0 Å². The molecule has 0 aliphatic heterocycles. The van der Waals surface area contributed by atoms with E-state index in [1.54, 1.807) is 12.1 Å². The van der Waals surface area contributed by atoms with Gasteiger partial charge in [0.05, 0.1) is 5.69 Å². The molecule has 6 nitrogen and oxygen atoms in total. The lowest BCUT2D eigenvalue weighted by atomic mass is 9.91. The number of amides is 3. The summed E-state index contributed by atoms with van der Waals surface area (Å²) in [5, 5.41) is 5.32. The smallest absolute Gasteiger partial charge is 0.314 e. The zero-order valence-electron chi connectivity index (χ0n) is 19.6. The number of rotatable bonds is 6. The van der Waals surface area contributed by atoms with E-state index < -0.39 is 41.4 Å². The maximum Gasteiger partial charge on any atom is 0.314 e. The van der Waals surface area contributed by atoms with Crippen molar-refractivity contribution in [3.8, 4) is 0 Å². The van der Waals surface area contributed by atoms with Gasteiger partial charge in [-0.25, -0.2) is 8.78 Å². The van der Waals surface area contributed by atoms with Gasteiger partial charge in [-0.3, -0.25) is 14.4 Å². The molecule has 2 aliphatic rings. The van der Waals surface area contributed by atoms with E-state index in [4.69, 9.17) is 0 Å². The molecule has 35 heavy (non-hydrogen) atoms. The van der Waals surface area contributed by atoms with Crippen LogP contribution in [-0.2, 0) is 14.4 Å². The highest BCUT2D eigenvalue weighted by atomic mass is 19.1. The number of hydrogen-bond acceptors (Lipinski definition) is 3. The van der Waals surface area contributed by atoms with Gasteiger partial charge in [0, 0.05) is 17.6 Å². The predicted molar refractivity (Wildman–Crippen MR) is 128 cm³/mol. The summed E-state index contributed by atoms with van der Waals surface area (Å²) in [4.78, 5) is 41.5. The summed E-state index contributed by atoms with van der Waals surface area (Å²) < 4.78 is 29.2. The zero-order valence-corrected chi connectivity index (χ0v) is 19.6. The van der Waals surface area contributed by atoms with Gasteiger partial charge in [0.2, 0.25) is 5.91 Å². The molecule has 4 rings (SSSR count). The van der Waals surface area contributed by atoms with Crippen LogP contribution in [0.3, 0.4) is 0 Å². The minimum atomic E-state index is -1.31. The average molecular weight is 484 g/mol. The summed E-state index contributed by atoms with van der Waals surface area (Å²) in [5.41, 5.74) is -0.0899. The molecule has 8 heteroatoms. The third kappa shape index (κ3) is 5.86. The summed E-state index contributed by atoms with van der Waals surface area (Å²) in [6.45, 7) is 0. The number of carbonyl (C=O) groups is 3. The second-order valence-corrected chi connectivity index (χ2v) is 9.35. The van der Waals surface area contributed by atoms with Gasteiger partial charge < -0.3 is 15.5 Å². The van der Waals surface area contributed by atoms with E-state index in [0.717, 1.165) is 44.9 Å². The first kappa shape index (κ1) is 24.8. The fourth-order valence-electron chi connectivity index (χ4n) is 5.17. The maximum atomic E-state index is 15.0. The van der Waals surface area contributed by atoms with E-state index in [1.807, 2.05) is 0 Å². The Kier molecular flexibility index (Phi) is 8.10. The van der Waals surface area contributed by atoms with Crippen molar-refractivity contribution in [3.63, 3.8) is 0 Å². The van der Waals surface area contributed by atoms with E-state index in [9.17, 15) is 18.8 Å². The largest absolute Gasteiger partial charge is 0.351 e. The van der Waals surface area contributed by atoms with E-state index in [1.165, 1.54) is 41.3 Å². The number of nitrogens with zero attached hydrogens (tertiary/aromatic N) is 1. The Morgan fingerprint density at radius 1 is 0.800 bits per heavy atom. The standard InChI is InChI=1S/C27H31F2N3O3/c28-21-15-7-6-14-20(21)24(25(33)30-18-10-4-5-11-18)32(19-12-2-1-3-13-19)27(35)26(34)31-23-17-9-8-16-22(23)29/h6-9,14-19,24H,1-5,10-13H2,(H,30,33)(H,31,34)/t24-/m1/s1. The quantitative estimate of drug-likeness (QED) is 0.576. The third-order valence-corrected chi connectivity index (χ3v) is 6.95. The van der Waals surface area contributed by atoms with Gasteiger partial charge >= 0.3 is 11.8 Å². The Morgan fingerprint density at radius 2 is 1.40 bits per heavy atom. The van der Waals surface area contributed by atoms with Gasteiger partial charge in [-0.1, -0.05) is 62.4 Å². The molecule has 0 heterocycles. The van der Waals surface area contributed by atoms with E-state index in [-0.39, 0.29) is 17.3 Å². The number of hydrogen-bond donors (Lipinski definition) is 2. The van der Waals surface area contributed by atoms with Gasteiger partial charge in [0.1, 0.15) is 17.7 Å². The summed E-state index contributed by atoms with van der Waals surface area (Å²) in [6, 6.07) is 9.62. The average Bonchev–Trinajstić information content (AvgIpc) is 3.37. The topological polar surface area (TPSA) is 78.5 Å². The van der Waals surface area contributed by atoms with Gasteiger partial charge in [-0.15, -0.1) is 0 Å². The molecule has 2 aromatic rings. The fraction of sp³-hybridized carbons (Fsp3) is 0.444. The van der Waals surface area contributed by atoms with Crippen LogP contribution in [0, 0.1) is 11.6 Å². The molecule has 0 bridgehead atoms. The normalized spacial score (nSPS) is 17.5. The van der Waals surface area contributed by atoms with Crippen molar-refractivity contribution in [2.24, 2.45) is 0 Å². The molecule has 0 unspecified atom stereocenters. The molecule has 0 saturated heterocycles. The minimum absolute atomic E-state index is 0.0422. The Bertz CT molecular complexity index is 1070. The van der Waals surface area contributed by atoms with E-state index in [2.05, 4.69) is 10.6 Å². The number of nitrogens with one attached hydrogen (secondary N) is 2. The first-order valence-electron chi connectivity index (χ1n) is 12.4. The summed E-state index contributed by atoms with van der Waals surface area (Å²) in [5.74, 6) is -3.84. The maximum absolute atomic E-state index is 15.0. The highest BCUT2D eigenvalue weighted by molar-refractivity contribution is 6.40. The molecule has 2 saturated carbocycles. The summed E-state index contributed by atoms with van der Waals surface area (Å²) in [7, 11) is 0. The van der Waals surface area contributed by atoms with Crippen molar-refractivity contribution in [2.45, 2.75) is 75.9 Å². The molecule has 186 valence electrons. The highest BCUT2D eigenvalue weighted by Crippen LogP contribution is 2.33. The number of para-hydroxylation sites is 1. The number of anilines is 1. The summed E-state index contributed by atoms with van der Waals surface area (Å²) >= 11 is 0. The molecule has 3 amide bonds. The predicted octanol–water partition coefficient (Wildman–Crippen LogP) is 4.86. The van der Waals surface area contributed by atoms with Crippen LogP contribution in [0.5, 0.6) is 0 Å². The van der Waals surface area contributed by atoms with Crippen molar-refractivity contribution in [3.05, 3.63) is 65.7 Å². The van der Waals surface area contributed by atoms with Gasteiger partial charge in [-0.05, 0) is 43.9 Å². The lowest BCUT2D eigenvalue weighted by Crippen LogP contribution is -2.53. The van der Waals surface area contributed by atoms with Gasteiger partial charge in [0.15, 0.2) is 0 Å². The summed E-state index contributed by atoms with van der Waals surface area (Å²) in [6.07, 6.45) is 7.47. The molecule has 1 atom stereocenters. The third-order valence-electron chi connectivity index (χ3n) is 6.95. The second-order valence-electron chi connectivity index (χ2n) is 9.35. The van der Waals surface area contributed by atoms with Crippen LogP contribution in [-0.4, -0.2) is 34.7 Å². The highest BCUT2D eigenvalue weighted by Gasteiger charge is 2.41. The van der Waals surface area contributed by atoms with Crippen LogP contribution in [0.2, 0.25) is 0 Å². The number of benzene rings is 2. The SMILES string of the molecule is O=C(Nc1ccccc1F)C(=O)N(C1CCCCC1)[C@@H](C(=O)NC1CCCC1)c1ccccc1F. The molecule has 0 spiro atoms. The molecule has 2 fully saturated rings. The lowest BCUT2D eigenvalue weighted by molar-refractivity contribution is -0.151. The first-order valence-corrected chi connectivity index (χ1v) is 12.4. The molecule has 2 aliphatic carbocycles. The van der Waals surface area contributed by atoms with Crippen molar-refractivity contribution < 1.29 is 23.2 Å². The van der Waals surface area contributed by atoms with Crippen LogP contribution in [0.4, 0.5) is 14.5 Å². The van der Waals surface area contributed by atoms with Crippen molar-refractivity contribution in [1.82, 2.24) is 10.2 Å². The number of halogens is 2. The van der Waals surface area contributed by atoms with E-state index >= 15 is 4.39 Å². The Morgan fingerprint density at radius 3 is 2.06 bits per heavy atom. The van der Waals surface area contributed by atoms with Crippen LogP contribution >= 0.6 is 0 Å². The van der Waals surface area contributed by atoms with Crippen LogP contribution in [0.15, 0.2) is 48.5 Å². The monoisotopic (exact) mass is 483 g/mol. The molecule has 2 N–H and O–H groups in total. The van der Waals surface area contributed by atoms with Crippen LogP contribution in [0.25, 0.3) is 0 Å². The van der Waals surface area contributed by atoms with E-state index in [0.29, 0.717) is 12.8 Å². The Labute approximate surface area is 204 Å². The van der Waals surface area contributed by atoms with Crippen LogP contribution in [0.1, 0.15) is 69.4 Å². The lowest BCUT2D eigenvalue weighted by Gasteiger charge is -2.39. The van der Waals surface area contributed by atoms with Gasteiger partial charge in [0.25, 0.3) is 0 Å². The Hall–Kier alpha value is -3.29. The van der Waals surface area contributed by atoms with Gasteiger partial charge in [-0.2, -0.15) is 0 Å². The molecular weight excluding hydrogens is 452 g/mol. The Balaban J connectivity index is 1.70. The van der Waals surface area contributed by atoms with Crippen LogP contribution < -0.4 is 10.6 Å². The first-order chi connectivity index (χ1) is 17.0. The van der Waals surface area contributed by atoms with Crippen molar-refractivity contribution in [2.75, 3.05) is 5.32 Å². The number of carbonyl (C=O) groups excluding carboxylic acids is 3. The van der Waals surface area contributed by atoms with Crippen molar-refractivity contribution >= 4 is 23.4 Å². The zero-order chi connectivity index (χ0) is 24.8. The minimum Gasteiger partial charge on any atom is -0.351 e. The molecule has 0 radical (unpaired) electrons. The molecule has 0 aromatic heterocycles.